The number of furan rings is 1. The number of aryl methyl sites for hydroxylation is 1. The third-order valence-corrected chi connectivity index (χ3v) is 4.16. The first-order valence-corrected chi connectivity index (χ1v) is 8.21. The highest BCUT2D eigenvalue weighted by molar-refractivity contribution is 5.91. The van der Waals surface area contributed by atoms with Crippen LogP contribution in [0.2, 0.25) is 0 Å². The van der Waals surface area contributed by atoms with Crippen LogP contribution < -0.4 is 10.9 Å². The van der Waals surface area contributed by atoms with Crippen LogP contribution >= 0.6 is 0 Å². The van der Waals surface area contributed by atoms with E-state index in [1.165, 1.54) is 18.1 Å². The summed E-state index contributed by atoms with van der Waals surface area (Å²) in [5, 5.41) is 7.15. The van der Waals surface area contributed by atoms with Gasteiger partial charge in [0.15, 0.2) is 5.76 Å². The number of nitrogens with zero attached hydrogens (tertiary/aromatic N) is 3. The van der Waals surface area contributed by atoms with Crippen molar-refractivity contribution in [2.75, 3.05) is 19.0 Å². The lowest BCUT2D eigenvalue weighted by Crippen LogP contribution is -2.22. The first kappa shape index (κ1) is 16.3. The highest BCUT2D eigenvalue weighted by atomic mass is 16.5. The summed E-state index contributed by atoms with van der Waals surface area (Å²) in [6, 6.07) is 5.15. The highest BCUT2D eigenvalue weighted by Crippen LogP contribution is 2.25. The maximum atomic E-state index is 12.3. The summed E-state index contributed by atoms with van der Waals surface area (Å²) in [5.74, 6) is 0.804. The smallest absolute Gasteiger partial charge is 0.255 e. The SMILES string of the molecule is COCC(=O)Nc1cc(-c2ccco2)nn1-c1nc2c(c(=O)[nH]1)CCC2. The topological polar surface area (TPSA) is 115 Å². The number of rotatable bonds is 5. The molecule has 0 aliphatic heterocycles. The molecule has 134 valence electrons. The average molecular weight is 355 g/mol. The molecule has 0 spiro atoms. The Bertz CT molecular complexity index is 1000. The third kappa shape index (κ3) is 2.93. The molecule has 0 atom stereocenters. The van der Waals surface area contributed by atoms with Crippen molar-refractivity contribution in [2.24, 2.45) is 0 Å². The molecule has 2 N–H and O–H groups in total. The minimum Gasteiger partial charge on any atom is -0.463 e. The minimum absolute atomic E-state index is 0.102. The summed E-state index contributed by atoms with van der Waals surface area (Å²) in [5.41, 5.74) is 1.82. The van der Waals surface area contributed by atoms with Crippen LogP contribution in [-0.4, -0.2) is 39.4 Å². The molecule has 9 heteroatoms. The van der Waals surface area contributed by atoms with Crippen molar-refractivity contribution in [3.8, 4) is 17.4 Å². The number of carbonyl (C=O) groups excluding carboxylic acids is 1. The van der Waals surface area contributed by atoms with Gasteiger partial charge in [-0.05, 0) is 31.4 Å². The van der Waals surface area contributed by atoms with Gasteiger partial charge in [0.2, 0.25) is 5.95 Å². The quantitative estimate of drug-likeness (QED) is 0.713. The zero-order chi connectivity index (χ0) is 18.1. The Hall–Kier alpha value is -3.20. The van der Waals surface area contributed by atoms with E-state index in [0.29, 0.717) is 17.3 Å². The average Bonchev–Trinajstić information content (AvgIpc) is 3.35. The zero-order valence-electron chi connectivity index (χ0n) is 14.1. The van der Waals surface area contributed by atoms with Crippen LogP contribution in [0.1, 0.15) is 17.7 Å². The fourth-order valence-corrected chi connectivity index (χ4v) is 3.02. The van der Waals surface area contributed by atoms with E-state index in [-0.39, 0.29) is 24.0 Å². The molecule has 3 aromatic rings. The second-order valence-electron chi connectivity index (χ2n) is 5.95. The van der Waals surface area contributed by atoms with Crippen molar-refractivity contribution < 1.29 is 13.9 Å². The van der Waals surface area contributed by atoms with Gasteiger partial charge < -0.3 is 14.5 Å². The van der Waals surface area contributed by atoms with E-state index in [9.17, 15) is 9.59 Å². The van der Waals surface area contributed by atoms with Crippen LogP contribution in [0.15, 0.2) is 33.7 Å². The number of hydrogen-bond acceptors (Lipinski definition) is 6. The van der Waals surface area contributed by atoms with Crippen LogP contribution in [-0.2, 0) is 22.4 Å². The Morgan fingerprint density at radius 2 is 2.35 bits per heavy atom. The Labute approximate surface area is 148 Å². The maximum Gasteiger partial charge on any atom is 0.255 e. The van der Waals surface area contributed by atoms with Crippen molar-refractivity contribution in [1.82, 2.24) is 19.7 Å². The van der Waals surface area contributed by atoms with Crippen LogP contribution in [0.4, 0.5) is 5.82 Å². The number of anilines is 1. The fraction of sp³-hybridized carbons (Fsp3) is 0.294. The number of carbonyl (C=O) groups is 1. The standard InChI is InChI=1S/C17H17N5O4/c1-25-9-15(23)19-14-8-12(13-6-3-7-26-13)21-22(14)17-18-11-5-2-4-10(11)16(24)20-17/h3,6-8H,2,4-5,9H2,1H3,(H,19,23)(H,18,20,24). The zero-order valence-corrected chi connectivity index (χ0v) is 14.1. The van der Waals surface area contributed by atoms with Crippen molar-refractivity contribution in [1.29, 1.82) is 0 Å². The van der Waals surface area contributed by atoms with Gasteiger partial charge in [0.1, 0.15) is 18.1 Å². The second kappa shape index (κ2) is 6.60. The van der Waals surface area contributed by atoms with Gasteiger partial charge in [-0.15, -0.1) is 0 Å². The first-order chi connectivity index (χ1) is 12.7. The van der Waals surface area contributed by atoms with E-state index < -0.39 is 0 Å². The van der Waals surface area contributed by atoms with Crippen LogP contribution in [0.3, 0.4) is 0 Å². The number of methoxy groups -OCH3 is 1. The molecule has 3 aromatic heterocycles. The Morgan fingerprint density at radius 1 is 1.46 bits per heavy atom. The van der Waals surface area contributed by atoms with Gasteiger partial charge in [-0.1, -0.05) is 0 Å². The predicted octanol–water partition coefficient (Wildman–Crippen LogP) is 1.29. The molecule has 0 aromatic carbocycles. The van der Waals surface area contributed by atoms with Gasteiger partial charge in [0, 0.05) is 18.7 Å². The van der Waals surface area contributed by atoms with Crippen molar-refractivity contribution in [3.05, 3.63) is 46.1 Å². The van der Waals surface area contributed by atoms with Crippen molar-refractivity contribution in [2.45, 2.75) is 19.3 Å². The third-order valence-electron chi connectivity index (χ3n) is 4.16. The Morgan fingerprint density at radius 3 is 3.12 bits per heavy atom. The van der Waals surface area contributed by atoms with Gasteiger partial charge in [-0.3, -0.25) is 14.6 Å². The molecule has 4 rings (SSSR count). The van der Waals surface area contributed by atoms with E-state index in [1.807, 2.05) is 0 Å². The monoisotopic (exact) mass is 355 g/mol. The number of hydrogen-bond donors (Lipinski definition) is 2. The maximum absolute atomic E-state index is 12.3. The predicted molar refractivity (Wildman–Crippen MR) is 92.2 cm³/mol. The van der Waals surface area contributed by atoms with E-state index in [0.717, 1.165) is 30.5 Å². The number of H-pyrrole nitrogens is 1. The molecular formula is C17H17N5O4. The second-order valence-corrected chi connectivity index (χ2v) is 5.95. The molecule has 0 radical (unpaired) electrons. The number of aromatic amines is 1. The molecule has 1 aliphatic rings. The van der Waals surface area contributed by atoms with E-state index >= 15 is 0 Å². The Balaban J connectivity index is 1.80. The molecule has 0 fully saturated rings. The summed E-state index contributed by atoms with van der Waals surface area (Å²) in [6.07, 6.45) is 3.92. The molecule has 26 heavy (non-hydrogen) atoms. The number of fused-ring (bicyclic) bond motifs is 1. The van der Waals surface area contributed by atoms with E-state index in [1.54, 1.807) is 18.2 Å². The minimum atomic E-state index is -0.344. The van der Waals surface area contributed by atoms with E-state index in [4.69, 9.17) is 9.15 Å². The summed E-state index contributed by atoms with van der Waals surface area (Å²) in [6.45, 7) is -0.102. The molecule has 0 bridgehead atoms. The van der Waals surface area contributed by atoms with Crippen LogP contribution in [0.25, 0.3) is 17.4 Å². The molecule has 1 amide bonds. The van der Waals surface area contributed by atoms with E-state index in [2.05, 4.69) is 20.4 Å². The normalized spacial score (nSPS) is 13.0. The summed E-state index contributed by atoms with van der Waals surface area (Å²) < 4.78 is 11.6. The summed E-state index contributed by atoms with van der Waals surface area (Å²) in [4.78, 5) is 31.5. The fourth-order valence-electron chi connectivity index (χ4n) is 3.02. The van der Waals surface area contributed by atoms with Gasteiger partial charge in [0.05, 0.1) is 12.0 Å². The number of amides is 1. The van der Waals surface area contributed by atoms with Gasteiger partial charge in [-0.2, -0.15) is 9.78 Å². The highest BCUT2D eigenvalue weighted by Gasteiger charge is 2.21. The Kier molecular flexibility index (Phi) is 4.13. The van der Waals surface area contributed by atoms with Crippen LogP contribution in [0.5, 0.6) is 0 Å². The van der Waals surface area contributed by atoms with Crippen molar-refractivity contribution in [3.63, 3.8) is 0 Å². The largest absolute Gasteiger partial charge is 0.463 e. The summed E-state index contributed by atoms with van der Waals surface area (Å²) >= 11 is 0. The number of ether oxygens (including phenoxy) is 1. The lowest BCUT2D eigenvalue weighted by Gasteiger charge is -2.08. The molecule has 0 saturated heterocycles. The molecule has 0 unspecified atom stereocenters. The molecular weight excluding hydrogens is 338 g/mol. The van der Waals surface area contributed by atoms with Crippen molar-refractivity contribution >= 4 is 11.7 Å². The number of nitrogens with one attached hydrogen (secondary N) is 2. The summed E-state index contributed by atoms with van der Waals surface area (Å²) in [7, 11) is 1.44. The molecule has 3 heterocycles. The number of aromatic nitrogens is 4. The van der Waals surface area contributed by atoms with Crippen LogP contribution in [0, 0.1) is 0 Å². The lowest BCUT2D eigenvalue weighted by molar-refractivity contribution is -0.119. The van der Waals surface area contributed by atoms with Gasteiger partial charge >= 0.3 is 0 Å². The molecule has 1 aliphatic carbocycles. The van der Waals surface area contributed by atoms with Gasteiger partial charge in [0.25, 0.3) is 11.5 Å². The molecule has 9 nitrogen and oxygen atoms in total. The van der Waals surface area contributed by atoms with Gasteiger partial charge in [-0.25, -0.2) is 4.98 Å². The first-order valence-electron chi connectivity index (χ1n) is 8.21. The lowest BCUT2D eigenvalue weighted by atomic mass is 10.3. The molecule has 0 saturated carbocycles.